The van der Waals surface area contributed by atoms with E-state index in [4.69, 9.17) is 10.5 Å². The van der Waals surface area contributed by atoms with Crippen molar-refractivity contribution in [2.24, 2.45) is 16.6 Å². The summed E-state index contributed by atoms with van der Waals surface area (Å²) in [6, 6.07) is 0. The lowest BCUT2D eigenvalue weighted by molar-refractivity contribution is -0.218. The topological polar surface area (TPSA) is 52.3 Å². The third kappa shape index (κ3) is 1.70. The molecular formula is C14H23NO2. The van der Waals surface area contributed by atoms with E-state index in [1.54, 1.807) is 0 Å². The SMILES string of the molecule is CC(=O)OC12CC3(C)CC(C)(CC(N)(C3)C1)C2. The second kappa shape index (κ2) is 2.87. The highest BCUT2D eigenvalue weighted by Crippen LogP contribution is 2.67. The van der Waals surface area contributed by atoms with Crippen molar-refractivity contribution in [3.8, 4) is 0 Å². The maximum atomic E-state index is 11.4. The summed E-state index contributed by atoms with van der Waals surface area (Å²) in [5.74, 6) is -0.150. The molecule has 96 valence electrons. The van der Waals surface area contributed by atoms with Crippen molar-refractivity contribution < 1.29 is 9.53 Å². The summed E-state index contributed by atoms with van der Waals surface area (Å²) in [6.45, 7) is 6.16. The molecular weight excluding hydrogens is 214 g/mol. The normalized spacial score (nSPS) is 56.0. The molecule has 2 unspecified atom stereocenters. The van der Waals surface area contributed by atoms with Gasteiger partial charge in [0, 0.05) is 18.9 Å². The van der Waals surface area contributed by atoms with Crippen LogP contribution in [0.15, 0.2) is 0 Å². The maximum absolute atomic E-state index is 11.4. The molecule has 17 heavy (non-hydrogen) atoms. The molecule has 0 aliphatic heterocycles. The van der Waals surface area contributed by atoms with Gasteiger partial charge in [-0.05, 0) is 42.9 Å². The van der Waals surface area contributed by atoms with Gasteiger partial charge in [0.1, 0.15) is 5.60 Å². The monoisotopic (exact) mass is 237 g/mol. The van der Waals surface area contributed by atoms with Crippen LogP contribution in [0.4, 0.5) is 0 Å². The lowest BCUT2D eigenvalue weighted by Crippen LogP contribution is -2.69. The van der Waals surface area contributed by atoms with Crippen LogP contribution in [0.3, 0.4) is 0 Å². The minimum atomic E-state index is -0.265. The van der Waals surface area contributed by atoms with Gasteiger partial charge in [-0.1, -0.05) is 13.8 Å². The van der Waals surface area contributed by atoms with Crippen LogP contribution in [0.2, 0.25) is 0 Å². The molecule has 0 aromatic rings. The minimum absolute atomic E-state index is 0.103. The van der Waals surface area contributed by atoms with Crippen LogP contribution in [0.25, 0.3) is 0 Å². The highest BCUT2D eigenvalue weighted by atomic mass is 16.6. The lowest BCUT2D eigenvalue weighted by atomic mass is 9.41. The Balaban J connectivity index is 2.01. The van der Waals surface area contributed by atoms with Crippen LogP contribution in [0.1, 0.15) is 59.3 Å². The number of ether oxygens (including phenoxy) is 1. The van der Waals surface area contributed by atoms with Gasteiger partial charge in [-0.3, -0.25) is 4.79 Å². The second-order valence-corrected chi connectivity index (χ2v) is 7.82. The van der Waals surface area contributed by atoms with Gasteiger partial charge in [-0.25, -0.2) is 0 Å². The molecule has 0 radical (unpaired) electrons. The Hall–Kier alpha value is -0.570. The van der Waals surface area contributed by atoms with E-state index in [9.17, 15) is 4.79 Å². The standard InChI is InChI=1S/C14H23NO2/c1-10(16)17-14-7-11(2)4-12(3,8-14)6-13(15,5-11)9-14/h4-9,15H2,1-3H3. The Morgan fingerprint density at radius 1 is 1.00 bits per heavy atom. The maximum Gasteiger partial charge on any atom is 0.303 e. The zero-order valence-electron chi connectivity index (χ0n) is 11.1. The number of hydrogen-bond donors (Lipinski definition) is 1. The van der Waals surface area contributed by atoms with Crippen LogP contribution < -0.4 is 5.73 Å². The predicted molar refractivity (Wildman–Crippen MR) is 65.3 cm³/mol. The van der Waals surface area contributed by atoms with E-state index in [2.05, 4.69) is 13.8 Å². The molecule has 4 fully saturated rings. The number of hydrogen-bond acceptors (Lipinski definition) is 3. The van der Waals surface area contributed by atoms with Crippen molar-refractivity contribution in [3.05, 3.63) is 0 Å². The summed E-state index contributed by atoms with van der Waals surface area (Å²) in [6.07, 6.45) is 6.31. The molecule has 3 nitrogen and oxygen atoms in total. The van der Waals surface area contributed by atoms with Gasteiger partial charge in [-0.2, -0.15) is 0 Å². The number of nitrogens with two attached hydrogens (primary N) is 1. The minimum Gasteiger partial charge on any atom is -0.459 e. The Labute approximate surface area is 103 Å². The Morgan fingerprint density at radius 2 is 1.53 bits per heavy atom. The van der Waals surface area contributed by atoms with Crippen LogP contribution in [-0.4, -0.2) is 17.1 Å². The highest BCUT2D eigenvalue weighted by Gasteiger charge is 2.65. The first kappa shape index (κ1) is 11.5. The fourth-order valence-electron chi connectivity index (χ4n) is 6.09. The second-order valence-electron chi connectivity index (χ2n) is 7.82. The summed E-state index contributed by atoms with van der Waals surface area (Å²) < 4.78 is 5.73. The Morgan fingerprint density at radius 3 is 1.94 bits per heavy atom. The molecule has 0 saturated heterocycles. The summed E-state index contributed by atoms with van der Waals surface area (Å²) in [5.41, 5.74) is 6.74. The van der Waals surface area contributed by atoms with E-state index in [0.29, 0.717) is 0 Å². The molecule has 0 aromatic heterocycles. The van der Waals surface area contributed by atoms with E-state index in [1.807, 2.05) is 0 Å². The van der Waals surface area contributed by atoms with E-state index in [0.717, 1.165) is 32.1 Å². The zero-order chi connectivity index (χ0) is 12.5. The fraction of sp³-hybridized carbons (Fsp3) is 0.929. The summed E-state index contributed by atoms with van der Waals surface area (Å²) in [7, 11) is 0. The first-order chi connectivity index (χ1) is 7.66. The van der Waals surface area contributed by atoms with Crippen LogP contribution in [-0.2, 0) is 9.53 Å². The molecule has 4 rings (SSSR count). The van der Waals surface area contributed by atoms with E-state index in [1.165, 1.54) is 13.3 Å². The molecule has 4 aliphatic rings. The molecule has 0 heterocycles. The predicted octanol–water partition coefficient (Wildman–Crippen LogP) is 2.38. The number of esters is 1. The zero-order valence-corrected chi connectivity index (χ0v) is 11.1. The quantitative estimate of drug-likeness (QED) is 0.712. The van der Waals surface area contributed by atoms with Gasteiger partial charge in [0.05, 0.1) is 0 Å². The van der Waals surface area contributed by atoms with Crippen molar-refractivity contribution in [1.29, 1.82) is 0 Å². The van der Waals surface area contributed by atoms with Crippen molar-refractivity contribution in [2.45, 2.75) is 70.4 Å². The summed E-state index contributed by atoms with van der Waals surface area (Å²) in [4.78, 5) is 11.4. The Bertz CT molecular complexity index is 336. The van der Waals surface area contributed by atoms with E-state index in [-0.39, 0.29) is 27.9 Å². The van der Waals surface area contributed by atoms with Gasteiger partial charge in [0.15, 0.2) is 0 Å². The van der Waals surface area contributed by atoms with Gasteiger partial charge >= 0.3 is 5.97 Å². The molecule has 0 amide bonds. The molecule has 0 aromatic carbocycles. The van der Waals surface area contributed by atoms with Crippen molar-refractivity contribution >= 4 is 5.97 Å². The molecule has 4 aliphatic carbocycles. The van der Waals surface area contributed by atoms with Gasteiger partial charge in [0.2, 0.25) is 0 Å². The number of carbonyl (C=O) groups excluding carboxylic acids is 1. The number of rotatable bonds is 1. The number of carbonyl (C=O) groups is 1. The molecule has 2 atom stereocenters. The van der Waals surface area contributed by atoms with Crippen LogP contribution in [0, 0.1) is 10.8 Å². The molecule has 2 N–H and O–H groups in total. The molecule has 4 bridgehead atoms. The summed E-state index contributed by atoms with van der Waals surface area (Å²) >= 11 is 0. The van der Waals surface area contributed by atoms with E-state index >= 15 is 0 Å². The molecule has 0 spiro atoms. The fourth-order valence-corrected chi connectivity index (χ4v) is 6.09. The Kier molecular flexibility index (Phi) is 1.95. The van der Waals surface area contributed by atoms with E-state index < -0.39 is 0 Å². The third-order valence-electron chi connectivity index (χ3n) is 4.94. The van der Waals surface area contributed by atoms with Crippen LogP contribution >= 0.6 is 0 Å². The molecule has 4 saturated carbocycles. The lowest BCUT2D eigenvalue weighted by Gasteiger charge is -2.67. The van der Waals surface area contributed by atoms with Crippen molar-refractivity contribution in [2.75, 3.05) is 0 Å². The average Bonchev–Trinajstić information content (AvgIpc) is 1.87. The molecule has 3 heteroatoms. The van der Waals surface area contributed by atoms with Crippen molar-refractivity contribution in [1.82, 2.24) is 0 Å². The van der Waals surface area contributed by atoms with Crippen LogP contribution in [0.5, 0.6) is 0 Å². The third-order valence-corrected chi connectivity index (χ3v) is 4.94. The smallest absolute Gasteiger partial charge is 0.303 e. The van der Waals surface area contributed by atoms with Crippen molar-refractivity contribution in [3.63, 3.8) is 0 Å². The average molecular weight is 237 g/mol. The summed E-state index contributed by atoms with van der Waals surface area (Å²) in [5, 5.41) is 0. The van der Waals surface area contributed by atoms with Gasteiger partial charge in [-0.15, -0.1) is 0 Å². The van der Waals surface area contributed by atoms with Gasteiger partial charge in [0.25, 0.3) is 0 Å². The van der Waals surface area contributed by atoms with Gasteiger partial charge < -0.3 is 10.5 Å². The first-order valence-corrected chi connectivity index (χ1v) is 6.64. The first-order valence-electron chi connectivity index (χ1n) is 6.64. The largest absolute Gasteiger partial charge is 0.459 e. The highest BCUT2D eigenvalue weighted by molar-refractivity contribution is 5.66.